The maximum Gasteiger partial charge on any atom is 0.306 e. The molecule has 210 valence electrons. The SMILES string of the molecule is CC(C)CCC[C@@H](C)[C@H]1CC[C@H]2[C@@H]3CC=C4C[C@@H](OC(=O)CCc5ccncc5)CC[C@]4(C)[C@H]3CC[C@]12C. The molecule has 0 aromatic carbocycles. The minimum atomic E-state index is -0.0438. The second-order valence-corrected chi connectivity index (χ2v) is 14.5. The fraction of sp³-hybridized carbons (Fsp3) is 0.771. The number of ether oxygens (including phenoxy) is 1. The van der Waals surface area contributed by atoms with Crippen LogP contribution in [0.2, 0.25) is 0 Å². The van der Waals surface area contributed by atoms with E-state index in [-0.39, 0.29) is 12.1 Å². The molecule has 0 spiro atoms. The van der Waals surface area contributed by atoms with E-state index < -0.39 is 0 Å². The summed E-state index contributed by atoms with van der Waals surface area (Å²) >= 11 is 0. The van der Waals surface area contributed by atoms with Gasteiger partial charge in [-0.05, 0) is 115 Å². The van der Waals surface area contributed by atoms with Crippen LogP contribution in [0.25, 0.3) is 0 Å². The third-order valence-corrected chi connectivity index (χ3v) is 11.9. The van der Waals surface area contributed by atoms with Gasteiger partial charge in [-0.3, -0.25) is 9.78 Å². The van der Waals surface area contributed by atoms with Crippen LogP contribution in [0.5, 0.6) is 0 Å². The number of rotatable bonds is 9. The van der Waals surface area contributed by atoms with Gasteiger partial charge >= 0.3 is 5.97 Å². The molecular formula is C35H53NO2. The molecular weight excluding hydrogens is 466 g/mol. The minimum absolute atomic E-state index is 0.0438. The first-order valence-corrected chi connectivity index (χ1v) is 16.0. The number of pyridine rings is 1. The highest BCUT2D eigenvalue weighted by molar-refractivity contribution is 5.70. The van der Waals surface area contributed by atoms with Crippen molar-refractivity contribution in [1.29, 1.82) is 0 Å². The number of carbonyl (C=O) groups is 1. The van der Waals surface area contributed by atoms with Crippen LogP contribution in [0.15, 0.2) is 36.2 Å². The third kappa shape index (κ3) is 5.50. The van der Waals surface area contributed by atoms with Crippen LogP contribution in [-0.4, -0.2) is 17.1 Å². The lowest BCUT2D eigenvalue weighted by Crippen LogP contribution is -2.51. The average Bonchev–Trinajstić information content (AvgIpc) is 3.25. The Labute approximate surface area is 232 Å². The zero-order valence-electron chi connectivity index (χ0n) is 24.9. The van der Waals surface area contributed by atoms with E-state index in [4.69, 9.17) is 4.74 Å². The highest BCUT2D eigenvalue weighted by Gasteiger charge is 2.59. The smallest absolute Gasteiger partial charge is 0.306 e. The predicted octanol–water partition coefficient (Wildman–Crippen LogP) is 8.97. The summed E-state index contributed by atoms with van der Waals surface area (Å²) in [6.07, 6.45) is 21.8. The van der Waals surface area contributed by atoms with Crippen LogP contribution in [0.3, 0.4) is 0 Å². The number of hydrogen-bond donors (Lipinski definition) is 0. The van der Waals surface area contributed by atoms with Gasteiger partial charge < -0.3 is 4.74 Å². The van der Waals surface area contributed by atoms with Crippen LogP contribution in [0, 0.1) is 46.3 Å². The summed E-state index contributed by atoms with van der Waals surface area (Å²) in [6.45, 7) is 12.6. The molecule has 0 unspecified atom stereocenters. The van der Waals surface area contributed by atoms with Crippen LogP contribution in [0.4, 0.5) is 0 Å². The Kier molecular flexibility index (Phi) is 8.42. The van der Waals surface area contributed by atoms with Crippen molar-refractivity contribution in [2.45, 2.75) is 124 Å². The summed E-state index contributed by atoms with van der Waals surface area (Å²) in [4.78, 5) is 16.7. The summed E-state index contributed by atoms with van der Waals surface area (Å²) in [6, 6.07) is 3.97. The van der Waals surface area contributed by atoms with Crippen molar-refractivity contribution >= 4 is 5.97 Å². The van der Waals surface area contributed by atoms with E-state index in [9.17, 15) is 4.79 Å². The Bertz CT molecular complexity index is 985. The lowest BCUT2D eigenvalue weighted by Gasteiger charge is -2.58. The second kappa shape index (κ2) is 11.5. The molecule has 4 aliphatic rings. The van der Waals surface area contributed by atoms with Gasteiger partial charge in [0.2, 0.25) is 0 Å². The van der Waals surface area contributed by atoms with E-state index in [2.05, 4.69) is 45.7 Å². The van der Waals surface area contributed by atoms with Gasteiger partial charge in [0.1, 0.15) is 6.10 Å². The highest BCUT2D eigenvalue weighted by Crippen LogP contribution is 2.67. The van der Waals surface area contributed by atoms with E-state index in [1.54, 1.807) is 18.0 Å². The quantitative estimate of drug-likeness (QED) is 0.241. The molecule has 0 N–H and O–H groups in total. The van der Waals surface area contributed by atoms with E-state index in [0.717, 1.165) is 60.3 Å². The van der Waals surface area contributed by atoms with Crippen LogP contribution in [-0.2, 0) is 16.0 Å². The van der Waals surface area contributed by atoms with E-state index in [0.29, 0.717) is 17.3 Å². The minimum Gasteiger partial charge on any atom is -0.462 e. The number of aromatic nitrogens is 1. The summed E-state index contributed by atoms with van der Waals surface area (Å²) in [7, 11) is 0. The van der Waals surface area contributed by atoms with E-state index in [1.165, 1.54) is 57.8 Å². The van der Waals surface area contributed by atoms with Crippen molar-refractivity contribution in [1.82, 2.24) is 4.98 Å². The predicted molar refractivity (Wildman–Crippen MR) is 155 cm³/mol. The van der Waals surface area contributed by atoms with Gasteiger partial charge in [0.15, 0.2) is 0 Å². The lowest BCUT2D eigenvalue weighted by atomic mass is 9.47. The van der Waals surface area contributed by atoms with Crippen LogP contribution < -0.4 is 0 Å². The van der Waals surface area contributed by atoms with Crippen LogP contribution in [0.1, 0.15) is 117 Å². The molecule has 0 bridgehead atoms. The molecule has 3 heteroatoms. The maximum absolute atomic E-state index is 12.6. The summed E-state index contributed by atoms with van der Waals surface area (Å²) in [5.74, 6) is 5.15. The highest BCUT2D eigenvalue weighted by atomic mass is 16.5. The number of nitrogens with zero attached hydrogens (tertiary/aromatic N) is 1. The average molecular weight is 520 g/mol. The largest absolute Gasteiger partial charge is 0.462 e. The number of aryl methyl sites for hydroxylation is 1. The Morgan fingerprint density at radius 1 is 1.03 bits per heavy atom. The van der Waals surface area contributed by atoms with Gasteiger partial charge in [-0.1, -0.05) is 65.5 Å². The Morgan fingerprint density at radius 3 is 2.58 bits per heavy atom. The lowest BCUT2D eigenvalue weighted by molar-refractivity contribution is -0.151. The maximum atomic E-state index is 12.6. The molecule has 3 saturated carbocycles. The normalized spacial score (nSPS) is 37.1. The van der Waals surface area contributed by atoms with E-state index in [1.807, 2.05) is 12.1 Å². The molecule has 4 aliphatic carbocycles. The molecule has 0 saturated heterocycles. The second-order valence-electron chi connectivity index (χ2n) is 14.5. The summed E-state index contributed by atoms with van der Waals surface area (Å²) in [5, 5.41) is 0. The standard InChI is InChI=1S/C35H53NO2/c1-24(2)7-6-8-25(3)30-12-13-31-29-11-10-27-23-28(38-33(37)14-9-26-17-21-36-22-18-26)15-19-34(27,4)32(29)16-20-35(30,31)5/h10,17-18,21-22,24-25,28-32H,6-9,11-16,19-20,23H2,1-5H3/t25-,28+,29+,30-,31+,32+,34+,35-/m1/s1. The van der Waals surface area contributed by atoms with Gasteiger partial charge in [0.25, 0.3) is 0 Å². The van der Waals surface area contributed by atoms with Gasteiger partial charge in [0.05, 0.1) is 0 Å². The monoisotopic (exact) mass is 519 g/mol. The topological polar surface area (TPSA) is 39.2 Å². The third-order valence-electron chi connectivity index (χ3n) is 11.9. The Balaban J connectivity index is 1.19. The van der Waals surface area contributed by atoms with Crippen molar-refractivity contribution in [3.8, 4) is 0 Å². The van der Waals surface area contributed by atoms with Crippen molar-refractivity contribution in [2.24, 2.45) is 46.3 Å². The zero-order chi connectivity index (χ0) is 26.9. The van der Waals surface area contributed by atoms with Crippen molar-refractivity contribution < 1.29 is 9.53 Å². The number of hydrogen-bond acceptors (Lipinski definition) is 3. The van der Waals surface area contributed by atoms with E-state index >= 15 is 0 Å². The fourth-order valence-electron chi connectivity index (χ4n) is 9.79. The Hall–Kier alpha value is -1.64. The first-order chi connectivity index (χ1) is 18.2. The molecule has 38 heavy (non-hydrogen) atoms. The molecule has 1 aromatic rings. The molecule has 0 aliphatic heterocycles. The summed E-state index contributed by atoms with van der Waals surface area (Å²) in [5.41, 5.74) is 3.61. The first-order valence-electron chi connectivity index (χ1n) is 16.0. The van der Waals surface area contributed by atoms with Crippen molar-refractivity contribution in [3.63, 3.8) is 0 Å². The molecule has 1 aromatic heterocycles. The molecule has 0 radical (unpaired) electrons. The zero-order valence-corrected chi connectivity index (χ0v) is 24.9. The molecule has 0 amide bonds. The fourth-order valence-corrected chi connectivity index (χ4v) is 9.79. The number of carbonyl (C=O) groups excluding carboxylic acids is 1. The van der Waals surface area contributed by atoms with Crippen molar-refractivity contribution in [2.75, 3.05) is 0 Å². The van der Waals surface area contributed by atoms with Gasteiger partial charge in [-0.15, -0.1) is 0 Å². The molecule has 1 heterocycles. The van der Waals surface area contributed by atoms with Crippen molar-refractivity contribution in [3.05, 3.63) is 41.7 Å². The number of allylic oxidation sites excluding steroid dienone is 1. The van der Waals surface area contributed by atoms with Crippen LogP contribution >= 0.6 is 0 Å². The molecule has 3 fully saturated rings. The number of fused-ring (bicyclic) bond motifs is 5. The van der Waals surface area contributed by atoms with Gasteiger partial charge in [-0.2, -0.15) is 0 Å². The number of esters is 1. The van der Waals surface area contributed by atoms with Gasteiger partial charge in [0, 0.05) is 25.2 Å². The molecule has 3 nitrogen and oxygen atoms in total. The summed E-state index contributed by atoms with van der Waals surface area (Å²) < 4.78 is 6.02. The Morgan fingerprint density at radius 2 is 1.82 bits per heavy atom. The molecule has 5 rings (SSSR count). The molecule has 8 atom stereocenters. The van der Waals surface area contributed by atoms with Gasteiger partial charge in [-0.25, -0.2) is 0 Å². The first kappa shape index (κ1) is 27.9.